The van der Waals surface area contributed by atoms with Gasteiger partial charge in [-0.05, 0) is 6.42 Å². The number of hydrogen-bond donors (Lipinski definition) is 2. The minimum Gasteiger partial charge on any atom is -0.395 e. The quantitative estimate of drug-likeness (QED) is 0.633. The van der Waals surface area contributed by atoms with Crippen molar-refractivity contribution in [2.75, 3.05) is 13.2 Å². The first-order chi connectivity index (χ1) is 4.74. The number of aliphatic hydroxyl groups is 2. The van der Waals surface area contributed by atoms with Crippen LogP contribution >= 0.6 is 11.8 Å². The fourth-order valence-corrected chi connectivity index (χ4v) is 1.66. The minimum atomic E-state index is 0.196. The summed E-state index contributed by atoms with van der Waals surface area (Å²) in [5, 5.41) is 18.0. The highest BCUT2D eigenvalue weighted by molar-refractivity contribution is 8.00. The lowest BCUT2D eigenvalue weighted by atomic mass is 10.3. The average molecular weight is 164 g/mol. The van der Waals surface area contributed by atoms with E-state index >= 15 is 0 Å². The van der Waals surface area contributed by atoms with Crippen LogP contribution in [0.3, 0.4) is 0 Å². The maximum atomic E-state index is 8.77. The second-order valence-corrected chi connectivity index (χ2v) is 4.09. The van der Waals surface area contributed by atoms with Crippen LogP contribution in [0.2, 0.25) is 0 Å². The summed E-state index contributed by atoms with van der Waals surface area (Å²) in [4.78, 5) is 0. The summed E-state index contributed by atoms with van der Waals surface area (Å²) in [5.41, 5.74) is 0. The van der Waals surface area contributed by atoms with E-state index in [1.54, 1.807) is 11.8 Å². The summed E-state index contributed by atoms with van der Waals surface area (Å²) in [6, 6.07) is 0. The zero-order chi connectivity index (χ0) is 7.98. The third-order valence-corrected chi connectivity index (χ3v) is 2.82. The molecular weight excluding hydrogens is 148 g/mol. The Kier molecular flexibility index (Phi) is 6.17. The van der Waals surface area contributed by atoms with E-state index in [0.29, 0.717) is 5.25 Å². The van der Waals surface area contributed by atoms with Gasteiger partial charge in [-0.25, -0.2) is 0 Å². The molecule has 0 unspecified atom stereocenters. The van der Waals surface area contributed by atoms with Crippen molar-refractivity contribution in [1.29, 1.82) is 0 Å². The van der Waals surface area contributed by atoms with Crippen LogP contribution in [0.25, 0.3) is 0 Å². The van der Waals surface area contributed by atoms with Gasteiger partial charge in [0.2, 0.25) is 0 Å². The van der Waals surface area contributed by atoms with Crippen molar-refractivity contribution >= 4 is 11.8 Å². The van der Waals surface area contributed by atoms with E-state index in [9.17, 15) is 0 Å². The first-order valence-corrected chi connectivity index (χ1v) is 4.56. The molecule has 2 nitrogen and oxygen atoms in total. The number of aliphatic hydroxyl groups excluding tert-OH is 2. The van der Waals surface area contributed by atoms with E-state index in [1.165, 1.54) is 0 Å². The molecule has 0 aliphatic heterocycles. The Morgan fingerprint density at radius 3 is 2.20 bits per heavy atom. The van der Waals surface area contributed by atoms with Gasteiger partial charge in [-0.3, -0.25) is 0 Å². The molecule has 0 fully saturated rings. The Balaban J connectivity index is 3.41. The van der Waals surface area contributed by atoms with Gasteiger partial charge >= 0.3 is 0 Å². The normalized spacial score (nSPS) is 16.8. The van der Waals surface area contributed by atoms with Gasteiger partial charge in [-0.2, -0.15) is 11.8 Å². The van der Waals surface area contributed by atoms with Gasteiger partial charge in [-0.15, -0.1) is 0 Å². The minimum absolute atomic E-state index is 0.196. The Bertz CT molecular complexity index is 74.0. The predicted octanol–water partition coefficient (Wildman–Crippen LogP) is 0.871. The molecule has 2 N–H and O–H groups in total. The maximum absolute atomic E-state index is 8.77. The molecule has 0 aromatic heterocycles. The standard InChI is InChI=1S/C7H16O2S/c1-3-7(5-9)10-6(2)4-8/h6-9H,3-5H2,1-2H3/t6-,7-/m0/s1. The highest BCUT2D eigenvalue weighted by Gasteiger charge is 2.09. The van der Waals surface area contributed by atoms with Crippen LogP contribution in [0.5, 0.6) is 0 Å². The van der Waals surface area contributed by atoms with Crippen molar-refractivity contribution in [3.05, 3.63) is 0 Å². The van der Waals surface area contributed by atoms with Crippen LogP contribution in [-0.2, 0) is 0 Å². The molecular formula is C7H16O2S. The smallest absolute Gasteiger partial charge is 0.0550 e. The zero-order valence-corrected chi connectivity index (χ0v) is 7.40. The van der Waals surface area contributed by atoms with Gasteiger partial charge in [0.25, 0.3) is 0 Å². The molecule has 0 aliphatic rings. The van der Waals surface area contributed by atoms with E-state index in [2.05, 4.69) is 0 Å². The van der Waals surface area contributed by atoms with Crippen molar-refractivity contribution in [3.8, 4) is 0 Å². The van der Waals surface area contributed by atoms with E-state index in [0.717, 1.165) is 6.42 Å². The van der Waals surface area contributed by atoms with Crippen molar-refractivity contribution in [3.63, 3.8) is 0 Å². The number of thioether (sulfide) groups is 1. The van der Waals surface area contributed by atoms with Gasteiger partial charge in [0.05, 0.1) is 13.2 Å². The largest absolute Gasteiger partial charge is 0.395 e. The summed E-state index contributed by atoms with van der Waals surface area (Å²) in [6.45, 7) is 4.41. The Morgan fingerprint density at radius 1 is 1.30 bits per heavy atom. The lowest BCUT2D eigenvalue weighted by Gasteiger charge is -2.14. The maximum Gasteiger partial charge on any atom is 0.0550 e. The van der Waals surface area contributed by atoms with E-state index in [1.807, 2.05) is 13.8 Å². The highest BCUT2D eigenvalue weighted by atomic mass is 32.2. The topological polar surface area (TPSA) is 40.5 Å². The lowest BCUT2D eigenvalue weighted by molar-refractivity contribution is 0.287. The molecule has 0 rings (SSSR count). The van der Waals surface area contributed by atoms with Crippen molar-refractivity contribution < 1.29 is 10.2 Å². The fourth-order valence-electron chi connectivity index (χ4n) is 0.640. The van der Waals surface area contributed by atoms with Crippen molar-refractivity contribution in [2.45, 2.75) is 30.8 Å². The zero-order valence-electron chi connectivity index (χ0n) is 6.58. The van der Waals surface area contributed by atoms with E-state index in [4.69, 9.17) is 10.2 Å². The highest BCUT2D eigenvalue weighted by Crippen LogP contribution is 2.18. The third-order valence-electron chi connectivity index (χ3n) is 1.34. The molecule has 3 heteroatoms. The molecule has 0 saturated heterocycles. The number of hydrogen-bond acceptors (Lipinski definition) is 3. The molecule has 0 spiro atoms. The van der Waals surface area contributed by atoms with Gasteiger partial charge < -0.3 is 10.2 Å². The number of rotatable bonds is 5. The Morgan fingerprint density at radius 2 is 1.90 bits per heavy atom. The summed E-state index contributed by atoms with van der Waals surface area (Å²) in [6.07, 6.45) is 0.964. The molecule has 0 aliphatic carbocycles. The van der Waals surface area contributed by atoms with Crippen LogP contribution in [0.4, 0.5) is 0 Å². The molecule has 2 atom stereocenters. The van der Waals surface area contributed by atoms with Gasteiger partial charge in [-0.1, -0.05) is 13.8 Å². The summed E-state index contributed by atoms with van der Waals surface area (Å²) >= 11 is 1.64. The summed E-state index contributed by atoms with van der Waals surface area (Å²) in [7, 11) is 0. The van der Waals surface area contributed by atoms with Crippen LogP contribution < -0.4 is 0 Å². The summed E-state index contributed by atoms with van der Waals surface area (Å²) < 4.78 is 0. The van der Waals surface area contributed by atoms with Gasteiger partial charge in [0.15, 0.2) is 0 Å². The SMILES string of the molecule is CC[C@@H](CO)S[C@@H](C)CO. The summed E-state index contributed by atoms with van der Waals surface area (Å²) in [5.74, 6) is 0. The molecule has 0 bridgehead atoms. The molecule has 0 saturated carbocycles. The second kappa shape index (κ2) is 6.01. The first kappa shape index (κ1) is 10.3. The monoisotopic (exact) mass is 164 g/mol. The molecule has 10 heavy (non-hydrogen) atoms. The van der Waals surface area contributed by atoms with Gasteiger partial charge in [0, 0.05) is 10.5 Å². The predicted molar refractivity (Wildman–Crippen MR) is 45.3 cm³/mol. The molecule has 62 valence electrons. The van der Waals surface area contributed by atoms with Crippen LogP contribution in [0.15, 0.2) is 0 Å². The Labute approximate surface area is 66.6 Å². The molecule has 0 aromatic rings. The third kappa shape index (κ3) is 4.14. The molecule has 0 heterocycles. The van der Waals surface area contributed by atoms with E-state index < -0.39 is 0 Å². The molecule has 0 radical (unpaired) electrons. The van der Waals surface area contributed by atoms with Crippen molar-refractivity contribution in [1.82, 2.24) is 0 Å². The first-order valence-electron chi connectivity index (χ1n) is 3.61. The lowest BCUT2D eigenvalue weighted by Crippen LogP contribution is -2.14. The van der Waals surface area contributed by atoms with Crippen LogP contribution in [-0.4, -0.2) is 33.9 Å². The molecule has 0 amide bonds. The molecule has 0 aromatic carbocycles. The average Bonchev–Trinajstić information content (AvgIpc) is 1.99. The Hall–Kier alpha value is 0.270. The van der Waals surface area contributed by atoms with Crippen molar-refractivity contribution in [2.24, 2.45) is 0 Å². The van der Waals surface area contributed by atoms with E-state index in [-0.39, 0.29) is 18.5 Å². The van der Waals surface area contributed by atoms with Crippen LogP contribution in [0, 0.1) is 0 Å². The second-order valence-electron chi connectivity index (χ2n) is 2.34. The van der Waals surface area contributed by atoms with Crippen LogP contribution in [0.1, 0.15) is 20.3 Å². The van der Waals surface area contributed by atoms with Gasteiger partial charge in [0.1, 0.15) is 0 Å². The fraction of sp³-hybridized carbons (Fsp3) is 1.00.